The minimum Gasteiger partial charge on any atom is -0.351 e. The summed E-state index contributed by atoms with van der Waals surface area (Å²) < 4.78 is 6.99. The maximum Gasteiger partial charge on any atom is 0.292 e. The molecule has 0 spiro atoms. The van der Waals surface area contributed by atoms with E-state index in [0.29, 0.717) is 5.76 Å². The summed E-state index contributed by atoms with van der Waals surface area (Å²) in [5.41, 5.74) is 1.89. The summed E-state index contributed by atoms with van der Waals surface area (Å²) in [4.78, 5) is 14.5. The van der Waals surface area contributed by atoms with E-state index in [1.165, 1.54) is 0 Å². The average molecular weight is 288 g/mol. The number of aryl methyl sites for hydroxylation is 1. The van der Waals surface area contributed by atoms with Crippen LogP contribution in [0, 0.1) is 0 Å². The van der Waals surface area contributed by atoms with Gasteiger partial charge in [-0.2, -0.15) is 5.10 Å². The second-order valence-electron chi connectivity index (χ2n) is 5.87. The molecular formula is C15H20N4O2. The standard InChI is InChI=1S/C15H20N4O2/c1-10(2)12-7-14(21-17-12)15(20)19-6-4-5-13(19)11-8-16-18(3)9-11/h7-10,13H,4-6H2,1-3H3. The van der Waals surface area contributed by atoms with E-state index in [1.54, 1.807) is 10.7 Å². The van der Waals surface area contributed by atoms with Gasteiger partial charge in [-0.15, -0.1) is 0 Å². The Kier molecular flexibility index (Phi) is 3.53. The third kappa shape index (κ3) is 2.57. The molecule has 6 heteroatoms. The van der Waals surface area contributed by atoms with Crippen LogP contribution in [-0.4, -0.2) is 32.3 Å². The molecule has 3 rings (SSSR count). The van der Waals surface area contributed by atoms with E-state index in [4.69, 9.17) is 4.52 Å². The molecule has 1 saturated heterocycles. The normalized spacial score (nSPS) is 18.7. The van der Waals surface area contributed by atoms with Crippen LogP contribution in [0.4, 0.5) is 0 Å². The summed E-state index contributed by atoms with van der Waals surface area (Å²) in [5.74, 6) is 0.498. The fourth-order valence-corrected chi connectivity index (χ4v) is 2.77. The van der Waals surface area contributed by atoms with E-state index in [2.05, 4.69) is 10.3 Å². The van der Waals surface area contributed by atoms with Crippen molar-refractivity contribution in [3.63, 3.8) is 0 Å². The molecule has 1 unspecified atom stereocenters. The monoisotopic (exact) mass is 288 g/mol. The van der Waals surface area contributed by atoms with Crippen LogP contribution in [0.5, 0.6) is 0 Å². The van der Waals surface area contributed by atoms with Gasteiger partial charge in [0.2, 0.25) is 5.76 Å². The van der Waals surface area contributed by atoms with Gasteiger partial charge in [0, 0.05) is 31.4 Å². The molecule has 0 saturated carbocycles. The number of hydrogen-bond donors (Lipinski definition) is 0. The van der Waals surface area contributed by atoms with Crippen molar-refractivity contribution in [2.75, 3.05) is 6.54 Å². The predicted molar refractivity (Wildman–Crippen MR) is 76.8 cm³/mol. The molecule has 2 aromatic heterocycles. The SMILES string of the molecule is CC(C)c1cc(C(=O)N2CCCC2c2cnn(C)c2)on1. The Labute approximate surface area is 123 Å². The Bertz CT molecular complexity index is 644. The van der Waals surface area contributed by atoms with Crippen LogP contribution < -0.4 is 0 Å². The number of carbonyl (C=O) groups is 1. The molecule has 112 valence electrons. The minimum atomic E-state index is -0.0826. The number of aromatic nitrogens is 3. The van der Waals surface area contributed by atoms with Crippen LogP contribution in [0.3, 0.4) is 0 Å². The van der Waals surface area contributed by atoms with E-state index < -0.39 is 0 Å². The first kappa shape index (κ1) is 13.9. The number of rotatable bonds is 3. The fraction of sp³-hybridized carbons (Fsp3) is 0.533. The Hall–Kier alpha value is -2.11. The van der Waals surface area contributed by atoms with Crippen molar-refractivity contribution in [1.29, 1.82) is 0 Å². The zero-order chi connectivity index (χ0) is 15.0. The Morgan fingerprint density at radius 3 is 2.90 bits per heavy atom. The van der Waals surface area contributed by atoms with Gasteiger partial charge in [-0.1, -0.05) is 19.0 Å². The lowest BCUT2D eigenvalue weighted by atomic mass is 10.1. The van der Waals surface area contributed by atoms with Gasteiger partial charge in [0.15, 0.2) is 0 Å². The number of nitrogens with zero attached hydrogens (tertiary/aromatic N) is 4. The van der Waals surface area contributed by atoms with E-state index in [0.717, 1.165) is 30.6 Å². The quantitative estimate of drug-likeness (QED) is 0.870. The molecule has 0 N–H and O–H groups in total. The van der Waals surface area contributed by atoms with Gasteiger partial charge in [-0.3, -0.25) is 9.48 Å². The van der Waals surface area contributed by atoms with Crippen molar-refractivity contribution in [3.05, 3.63) is 35.5 Å². The summed E-state index contributed by atoms with van der Waals surface area (Å²) in [5, 5.41) is 8.17. The lowest BCUT2D eigenvalue weighted by Crippen LogP contribution is -2.30. The van der Waals surface area contributed by atoms with Crippen molar-refractivity contribution >= 4 is 5.91 Å². The van der Waals surface area contributed by atoms with Crippen LogP contribution in [0.2, 0.25) is 0 Å². The van der Waals surface area contributed by atoms with E-state index in [-0.39, 0.29) is 17.9 Å². The first-order valence-electron chi connectivity index (χ1n) is 7.32. The fourth-order valence-electron chi connectivity index (χ4n) is 2.77. The Morgan fingerprint density at radius 2 is 2.29 bits per heavy atom. The van der Waals surface area contributed by atoms with Gasteiger partial charge >= 0.3 is 0 Å². The smallest absolute Gasteiger partial charge is 0.292 e. The topological polar surface area (TPSA) is 64.2 Å². The highest BCUT2D eigenvalue weighted by Crippen LogP contribution is 2.33. The second kappa shape index (κ2) is 5.35. The molecule has 1 aliphatic rings. The summed E-state index contributed by atoms with van der Waals surface area (Å²) in [7, 11) is 1.88. The molecule has 3 heterocycles. The van der Waals surface area contributed by atoms with Crippen LogP contribution >= 0.6 is 0 Å². The van der Waals surface area contributed by atoms with Gasteiger partial charge in [0.05, 0.1) is 17.9 Å². The summed E-state index contributed by atoms with van der Waals surface area (Å²) >= 11 is 0. The molecule has 1 amide bonds. The van der Waals surface area contributed by atoms with Crippen molar-refractivity contribution in [1.82, 2.24) is 19.8 Å². The number of carbonyl (C=O) groups excluding carboxylic acids is 1. The van der Waals surface area contributed by atoms with Crippen LogP contribution in [0.15, 0.2) is 23.0 Å². The number of likely N-dealkylation sites (tertiary alicyclic amines) is 1. The van der Waals surface area contributed by atoms with Crippen LogP contribution in [0.25, 0.3) is 0 Å². The molecule has 0 aliphatic carbocycles. The van der Waals surface area contributed by atoms with Crippen molar-refractivity contribution < 1.29 is 9.32 Å². The zero-order valence-corrected chi connectivity index (χ0v) is 12.6. The molecule has 6 nitrogen and oxygen atoms in total. The molecule has 1 atom stereocenters. The number of hydrogen-bond acceptors (Lipinski definition) is 4. The molecule has 21 heavy (non-hydrogen) atoms. The summed E-state index contributed by atoms with van der Waals surface area (Å²) in [6.07, 6.45) is 5.76. The van der Waals surface area contributed by atoms with E-state index >= 15 is 0 Å². The maximum atomic E-state index is 12.6. The first-order chi connectivity index (χ1) is 10.1. The first-order valence-corrected chi connectivity index (χ1v) is 7.32. The van der Waals surface area contributed by atoms with Gasteiger partial charge in [-0.25, -0.2) is 0 Å². The zero-order valence-electron chi connectivity index (χ0n) is 12.6. The van der Waals surface area contributed by atoms with Gasteiger partial charge in [0.25, 0.3) is 5.91 Å². The summed E-state index contributed by atoms with van der Waals surface area (Å²) in [6, 6.07) is 1.84. The second-order valence-corrected chi connectivity index (χ2v) is 5.87. The maximum absolute atomic E-state index is 12.6. The third-order valence-electron chi connectivity index (χ3n) is 3.95. The van der Waals surface area contributed by atoms with Crippen LogP contribution in [-0.2, 0) is 7.05 Å². The molecule has 0 aromatic carbocycles. The van der Waals surface area contributed by atoms with Crippen molar-refractivity contribution in [3.8, 4) is 0 Å². The highest BCUT2D eigenvalue weighted by atomic mass is 16.5. The molecule has 1 aliphatic heterocycles. The largest absolute Gasteiger partial charge is 0.351 e. The molecule has 1 fully saturated rings. The van der Waals surface area contributed by atoms with Gasteiger partial charge < -0.3 is 9.42 Å². The van der Waals surface area contributed by atoms with Crippen molar-refractivity contribution in [2.45, 2.75) is 38.6 Å². The minimum absolute atomic E-state index is 0.0822. The predicted octanol–water partition coefficient (Wildman–Crippen LogP) is 2.51. The highest BCUT2D eigenvalue weighted by molar-refractivity contribution is 5.92. The molecule has 0 radical (unpaired) electrons. The number of amides is 1. The Balaban J connectivity index is 1.82. The van der Waals surface area contributed by atoms with E-state index in [9.17, 15) is 4.79 Å². The lowest BCUT2D eigenvalue weighted by Gasteiger charge is -2.22. The summed E-state index contributed by atoms with van der Waals surface area (Å²) in [6.45, 7) is 4.80. The average Bonchev–Trinajstić information content (AvgIpc) is 3.17. The van der Waals surface area contributed by atoms with Crippen molar-refractivity contribution in [2.24, 2.45) is 7.05 Å². The molecule has 0 bridgehead atoms. The molecule has 2 aromatic rings. The van der Waals surface area contributed by atoms with Crippen LogP contribution in [0.1, 0.15) is 60.5 Å². The van der Waals surface area contributed by atoms with E-state index in [1.807, 2.05) is 38.2 Å². The molecular weight excluding hydrogens is 268 g/mol. The lowest BCUT2D eigenvalue weighted by molar-refractivity contribution is 0.0693. The van der Waals surface area contributed by atoms with Gasteiger partial charge in [0.1, 0.15) is 0 Å². The Morgan fingerprint density at radius 1 is 1.48 bits per heavy atom. The highest BCUT2D eigenvalue weighted by Gasteiger charge is 2.33. The third-order valence-corrected chi connectivity index (χ3v) is 3.95. The van der Waals surface area contributed by atoms with Gasteiger partial charge in [-0.05, 0) is 18.8 Å².